The minimum absolute atomic E-state index is 0.139. The second-order valence-electron chi connectivity index (χ2n) is 8.18. The van der Waals surface area contributed by atoms with E-state index in [9.17, 15) is 13.2 Å². The molecular weight excluding hydrogens is 388 g/mol. The lowest BCUT2D eigenvalue weighted by molar-refractivity contribution is 0.256. The average Bonchev–Trinajstić information content (AvgIpc) is 3.41. The summed E-state index contributed by atoms with van der Waals surface area (Å²) in [6.45, 7) is 4.80. The normalized spacial score (nSPS) is 16.3. The van der Waals surface area contributed by atoms with Crippen molar-refractivity contribution in [2.24, 2.45) is 5.92 Å². The molecule has 0 saturated heterocycles. The van der Waals surface area contributed by atoms with Crippen LogP contribution in [-0.4, -0.2) is 24.2 Å². The van der Waals surface area contributed by atoms with E-state index in [0.29, 0.717) is 12.5 Å². The number of hydrogen-bond acceptors (Lipinski definition) is 4. The number of sulfonamides is 1. The van der Waals surface area contributed by atoms with Gasteiger partial charge in [0.15, 0.2) is 5.03 Å². The Hall–Kier alpha value is -2.35. The van der Waals surface area contributed by atoms with Gasteiger partial charge in [0.1, 0.15) is 0 Å². The highest BCUT2D eigenvalue weighted by atomic mass is 32.2. The van der Waals surface area contributed by atoms with Gasteiger partial charge in [0.25, 0.3) is 10.0 Å². The summed E-state index contributed by atoms with van der Waals surface area (Å²) in [6, 6.07) is 2.97. The van der Waals surface area contributed by atoms with Gasteiger partial charge in [-0.05, 0) is 72.8 Å². The summed E-state index contributed by atoms with van der Waals surface area (Å²) in [7, 11) is -4.02. The molecular formula is C21H28N4O3S. The van der Waals surface area contributed by atoms with Gasteiger partial charge in [-0.1, -0.05) is 26.3 Å². The van der Waals surface area contributed by atoms with Crippen LogP contribution < -0.4 is 10.0 Å². The Morgan fingerprint density at radius 3 is 2.45 bits per heavy atom. The fraction of sp³-hybridized carbons (Fsp3) is 0.524. The van der Waals surface area contributed by atoms with Crippen LogP contribution in [0.25, 0.3) is 0 Å². The number of carbonyl (C=O) groups is 1. The Morgan fingerprint density at radius 2 is 1.83 bits per heavy atom. The number of amides is 2. The number of urea groups is 1. The summed E-state index contributed by atoms with van der Waals surface area (Å²) in [4.78, 5) is 12.6. The SMILES string of the molecule is CC[C@@H](C)Cn1ccc(S(=O)(=O)NC(=O)Nc2c3c(cc4c2CCC4)CCC3)n1. The first-order valence-electron chi connectivity index (χ1n) is 10.4. The third-order valence-electron chi connectivity index (χ3n) is 6.03. The van der Waals surface area contributed by atoms with Crippen molar-refractivity contribution in [2.75, 3.05) is 5.32 Å². The zero-order valence-electron chi connectivity index (χ0n) is 17.0. The van der Waals surface area contributed by atoms with E-state index >= 15 is 0 Å². The molecule has 0 fully saturated rings. The topological polar surface area (TPSA) is 93.1 Å². The predicted molar refractivity (Wildman–Crippen MR) is 112 cm³/mol. The number of hydrogen-bond donors (Lipinski definition) is 2. The molecule has 1 aromatic heterocycles. The quantitative estimate of drug-likeness (QED) is 0.755. The van der Waals surface area contributed by atoms with Gasteiger partial charge >= 0.3 is 6.03 Å². The van der Waals surface area contributed by atoms with Gasteiger partial charge in [-0.2, -0.15) is 13.5 Å². The van der Waals surface area contributed by atoms with Crippen molar-refractivity contribution in [3.05, 3.63) is 40.6 Å². The molecule has 0 unspecified atom stereocenters. The van der Waals surface area contributed by atoms with E-state index in [0.717, 1.165) is 61.8 Å². The van der Waals surface area contributed by atoms with Crippen LogP contribution in [0.5, 0.6) is 0 Å². The lowest BCUT2D eigenvalue weighted by Gasteiger charge is -2.16. The maximum Gasteiger partial charge on any atom is 0.333 e. The smallest absolute Gasteiger partial charge is 0.307 e. The van der Waals surface area contributed by atoms with E-state index < -0.39 is 16.1 Å². The van der Waals surface area contributed by atoms with Crippen LogP contribution in [0.4, 0.5) is 10.5 Å². The fourth-order valence-electron chi connectivity index (χ4n) is 4.32. The van der Waals surface area contributed by atoms with E-state index in [1.165, 1.54) is 17.2 Å². The maximum atomic E-state index is 12.6. The molecule has 156 valence electrons. The standard InChI is InChI=1S/C21H28N4O3S/c1-3-14(2)13-25-11-10-19(23-25)29(27,28)24-21(26)22-20-17-8-4-6-15(17)12-16-7-5-9-18(16)20/h10-12,14H,3-9,13H2,1-2H3,(H2,22,24,26)/t14-/m1/s1. The second-order valence-corrected chi connectivity index (χ2v) is 9.81. The Morgan fingerprint density at radius 1 is 1.17 bits per heavy atom. The van der Waals surface area contributed by atoms with Crippen LogP contribution in [-0.2, 0) is 42.3 Å². The van der Waals surface area contributed by atoms with E-state index in [2.05, 4.69) is 35.1 Å². The first kappa shape index (κ1) is 19.9. The molecule has 1 heterocycles. The number of aryl methyl sites for hydroxylation is 2. The minimum Gasteiger partial charge on any atom is -0.307 e. The predicted octanol–water partition coefficient (Wildman–Crippen LogP) is 3.42. The summed E-state index contributed by atoms with van der Waals surface area (Å²) in [5.74, 6) is 0.393. The van der Waals surface area contributed by atoms with Crippen LogP contribution in [0.2, 0.25) is 0 Å². The molecule has 0 spiro atoms. The molecule has 2 aromatic rings. The van der Waals surface area contributed by atoms with Crippen LogP contribution >= 0.6 is 0 Å². The van der Waals surface area contributed by atoms with Crippen molar-refractivity contribution in [3.63, 3.8) is 0 Å². The molecule has 0 saturated carbocycles. The average molecular weight is 417 g/mol. The lowest BCUT2D eigenvalue weighted by atomic mass is 9.99. The molecule has 2 aliphatic rings. The van der Waals surface area contributed by atoms with Crippen LogP contribution in [0.1, 0.15) is 55.4 Å². The number of benzene rings is 1. The summed E-state index contributed by atoms with van der Waals surface area (Å²) < 4.78 is 29.0. The van der Waals surface area contributed by atoms with Gasteiger partial charge < -0.3 is 5.32 Å². The number of fused-ring (bicyclic) bond motifs is 2. The molecule has 0 radical (unpaired) electrons. The molecule has 4 rings (SSSR count). The number of aromatic nitrogens is 2. The van der Waals surface area contributed by atoms with Gasteiger partial charge in [-0.3, -0.25) is 4.68 Å². The van der Waals surface area contributed by atoms with Gasteiger partial charge in [-0.25, -0.2) is 9.52 Å². The Balaban J connectivity index is 1.51. The lowest BCUT2D eigenvalue weighted by Crippen LogP contribution is -2.35. The van der Waals surface area contributed by atoms with Crippen molar-refractivity contribution >= 4 is 21.7 Å². The molecule has 29 heavy (non-hydrogen) atoms. The first-order valence-corrected chi connectivity index (χ1v) is 11.9. The van der Waals surface area contributed by atoms with E-state index in [1.54, 1.807) is 10.9 Å². The van der Waals surface area contributed by atoms with Crippen molar-refractivity contribution in [1.82, 2.24) is 14.5 Å². The molecule has 7 nitrogen and oxygen atoms in total. The molecule has 2 aliphatic carbocycles. The number of carbonyl (C=O) groups excluding carboxylic acids is 1. The van der Waals surface area contributed by atoms with E-state index in [1.807, 2.05) is 0 Å². The van der Waals surface area contributed by atoms with Crippen LogP contribution in [0.3, 0.4) is 0 Å². The van der Waals surface area contributed by atoms with Crippen LogP contribution in [0.15, 0.2) is 23.4 Å². The van der Waals surface area contributed by atoms with Crippen molar-refractivity contribution in [3.8, 4) is 0 Å². The molecule has 2 N–H and O–H groups in total. The number of nitrogens with one attached hydrogen (secondary N) is 2. The van der Waals surface area contributed by atoms with Crippen molar-refractivity contribution in [2.45, 2.75) is 70.4 Å². The van der Waals surface area contributed by atoms with Gasteiger partial charge in [0.2, 0.25) is 0 Å². The highest BCUT2D eigenvalue weighted by Crippen LogP contribution is 2.38. The summed E-state index contributed by atoms with van der Waals surface area (Å²) in [5, 5.41) is 6.85. The fourth-order valence-corrected chi connectivity index (χ4v) is 5.17. The highest BCUT2D eigenvalue weighted by Gasteiger charge is 2.27. The molecule has 2 amide bonds. The largest absolute Gasteiger partial charge is 0.333 e. The van der Waals surface area contributed by atoms with Gasteiger partial charge in [-0.15, -0.1) is 0 Å². The molecule has 0 bridgehead atoms. The third kappa shape index (κ3) is 4.03. The summed E-state index contributed by atoms with van der Waals surface area (Å²) >= 11 is 0. The maximum absolute atomic E-state index is 12.6. The Bertz CT molecular complexity index is 1010. The van der Waals surface area contributed by atoms with Crippen molar-refractivity contribution < 1.29 is 13.2 Å². The summed E-state index contributed by atoms with van der Waals surface area (Å²) in [5.41, 5.74) is 5.72. The molecule has 8 heteroatoms. The highest BCUT2D eigenvalue weighted by molar-refractivity contribution is 7.90. The second kappa shape index (κ2) is 7.82. The Labute approximate surface area is 171 Å². The molecule has 1 aromatic carbocycles. The zero-order chi connectivity index (χ0) is 20.6. The van der Waals surface area contributed by atoms with Gasteiger partial charge in [0, 0.05) is 18.4 Å². The molecule has 0 aliphatic heterocycles. The monoisotopic (exact) mass is 416 g/mol. The Kier molecular flexibility index (Phi) is 5.38. The number of anilines is 1. The van der Waals surface area contributed by atoms with Crippen LogP contribution in [0, 0.1) is 5.92 Å². The zero-order valence-corrected chi connectivity index (χ0v) is 17.8. The summed E-state index contributed by atoms with van der Waals surface area (Å²) in [6.07, 6.45) is 8.64. The number of nitrogens with zero attached hydrogens (tertiary/aromatic N) is 2. The molecule has 1 atom stereocenters. The minimum atomic E-state index is -4.02. The third-order valence-corrected chi connectivity index (χ3v) is 7.25. The van der Waals surface area contributed by atoms with Crippen molar-refractivity contribution in [1.29, 1.82) is 0 Å². The van der Waals surface area contributed by atoms with E-state index in [-0.39, 0.29) is 5.03 Å². The van der Waals surface area contributed by atoms with E-state index in [4.69, 9.17) is 0 Å². The van der Waals surface area contributed by atoms with Gasteiger partial charge in [0.05, 0.1) is 0 Å². The number of rotatable bonds is 6. The first-order chi connectivity index (χ1) is 13.9.